The molecule has 1 aromatic rings. The molecule has 0 bridgehead atoms. The van der Waals surface area contributed by atoms with Gasteiger partial charge in [0.25, 0.3) is 0 Å². The van der Waals surface area contributed by atoms with Crippen LogP contribution in [0.5, 0.6) is 0 Å². The maximum atomic E-state index is 5.05. The van der Waals surface area contributed by atoms with E-state index in [9.17, 15) is 0 Å². The Bertz CT molecular complexity index is 411. The first-order chi connectivity index (χ1) is 8.50. The third-order valence-corrected chi connectivity index (χ3v) is 4.51. The fourth-order valence-electron chi connectivity index (χ4n) is 3.00. The molecule has 0 saturated heterocycles. The third kappa shape index (κ3) is 2.31. The summed E-state index contributed by atoms with van der Waals surface area (Å²) in [6.07, 6.45) is 2.04. The van der Waals surface area contributed by atoms with Gasteiger partial charge in [-0.25, -0.2) is 0 Å². The van der Waals surface area contributed by atoms with E-state index < -0.39 is 0 Å². The van der Waals surface area contributed by atoms with Crippen molar-refractivity contribution < 1.29 is 4.74 Å². The van der Waals surface area contributed by atoms with Gasteiger partial charge in [0.1, 0.15) is 0 Å². The molecule has 0 aliphatic heterocycles. The Balaban J connectivity index is 1.96. The van der Waals surface area contributed by atoms with E-state index in [4.69, 9.17) is 4.74 Å². The molecule has 102 valence electrons. The number of hydrogen-bond donors (Lipinski definition) is 1. The van der Waals surface area contributed by atoms with Gasteiger partial charge in [0.05, 0.1) is 12.8 Å². The van der Waals surface area contributed by atoms with Gasteiger partial charge in [0.2, 0.25) is 0 Å². The Morgan fingerprint density at radius 2 is 2.22 bits per heavy atom. The van der Waals surface area contributed by atoms with Gasteiger partial charge in [0, 0.05) is 26.4 Å². The van der Waals surface area contributed by atoms with Crippen molar-refractivity contribution in [3.05, 3.63) is 17.5 Å². The van der Waals surface area contributed by atoms with Crippen LogP contribution in [0.2, 0.25) is 0 Å². The first-order valence-corrected chi connectivity index (χ1v) is 6.68. The molecule has 1 N–H and O–H groups in total. The number of rotatable bonds is 6. The first-order valence-electron chi connectivity index (χ1n) is 6.68. The van der Waals surface area contributed by atoms with E-state index in [1.54, 1.807) is 7.11 Å². The van der Waals surface area contributed by atoms with Crippen molar-refractivity contribution in [2.45, 2.75) is 26.7 Å². The van der Waals surface area contributed by atoms with Crippen molar-refractivity contribution in [1.82, 2.24) is 15.1 Å². The average Bonchev–Trinajstić information content (AvgIpc) is 2.70. The summed E-state index contributed by atoms with van der Waals surface area (Å²) in [4.78, 5) is 0. The van der Waals surface area contributed by atoms with Crippen molar-refractivity contribution in [2.75, 3.05) is 26.8 Å². The average molecular weight is 251 g/mol. The highest BCUT2D eigenvalue weighted by Gasteiger charge is 2.58. The first kappa shape index (κ1) is 13.6. The van der Waals surface area contributed by atoms with Crippen molar-refractivity contribution in [3.8, 4) is 0 Å². The van der Waals surface area contributed by atoms with Gasteiger partial charge in [-0.05, 0) is 36.3 Å². The lowest BCUT2D eigenvalue weighted by Crippen LogP contribution is -2.22. The zero-order valence-electron chi connectivity index (χ0n) is 12.2. The minimum atomic E-state index is 0.383. The number of aromatic nitrogens is 2. The molecule has 1 aliphatic carbocycles. The van der Waals surface area contributed by atoms with E-state index in [0.717, 1.165) is 19.7 Å². The number of hydrogen-bond acceptors (Lipinski definition) is 3. The molecule has 2 rings (SSSR count). The Kier molecular flexibility index (Phi) is 3.78. The van der Waals surface area contributed by atoms with Crippen molar-refractivity contribution in [3.63, 3.8) is 0 Å². The second-order valence-electron chi connectivity index (χ2n) is 5.91. The van der Waals surface area contributed by atoms with Crippen LogP contribution >= 0.6 is 0 Å². The van der Waals surface area contributed by atoms with Crippen LogP contribution in [0.3, 0.4) is 0 Å². The molecule has 0 aromatic carbocycles. The topological polar surface area (TPSA) is 39.1 Å². The van der Waals surface area contributed by atoms with E-state index in [1.165, 1.54) is 11.3 Å². The van der Waals surface area contributed by atoms with Crippen molar-refractivity contribution in [2.24, 2.45) is 18.4 Å². The van der Waals surface area contributed by atoms with Crippen LogP contribution in [-0.4, -0.2) is 36.6 Å². The summed E-state index contributed by atoms with van der Waals surface area (Å²) in [6, 6.07) is 0. The zero-order valence-corrected chi connectivity index (χ0v) is 12.2. The molecule has 1 aromatic heterocycles. The van der Waals surface area contributed by atoms with Gasteiger partial charge in [-0.1, -0.05) is 13.8 Å². The smallest absolute Gasteiger partial charge is 0.0587 e. The van der Waals surface area contributed by atoms with Gasteiger partial charge in [-0.15, -0.1) is 0 Å². The lowest BCUT2D eigenvalue weighted by Gasteiger charge is -2.04. The summed E-state index contributed by atoms with van der Waals surface area (Å²) in [6.45, 7) is 9.65. The largest absolute Gasteiger partial charge is 0.383 e. The van der Waals surface area contributed by atoms with Crippen LogP contribution in [0.25, 0.3) is 0 Å². The summed E-state index contributed by atoms with van der Waals surface area (Å²) < 4.78 is 7.03. The van der Waals surface area contributed by atoms with E-state index in [1.807, 2.05) is 17.9 Å². The van der Waals surface area contributed by atoms with Crippen LogP contribution in [0.4, 0.5) is 0 Å². The van der Waals surface area contributed by atoms with E-state index in [-0.39, 0.29) is 0 Å². The number of nitrogens with one attached hydrogen (secondary N) is 1. The molecular formula is C14H25N3O. The molecule has 1 aliphatic rings. The maximum absolute atomic E-state index is 5.05. The number of methoxy groups -OCH3 is 1. The summed E-state index contributed by atoms with van der Waals surface area (Å²) in [5, 5.41) is 7.84. The lowest BCUT2D eigenvalue weighted by atomic mass is 10.0. The molecule has 1 saturated carbocycles. The molecule has 0 radical (unpaired) electrons. The molecule has 4 heteroatoms. The zero-order chi connectivity index (χ0) is 13.3. The number of nitrogens with zero attached hydrogens (tertiary/aromatic N) is 2. The molecule has 0 amide bonds. The predicted molar refractivity (Wildman–Crippen MR) is 72.7 cm³/mol. The van der Waals surface area contributed by atoms with E-state index >= 15 is 0 Å². The predicted octanol–water partition coefficient (Wildman–Crippen LogP) is 1.70. The summed E-state index contributed by atoms with van der Waals surface area (Å²) >= 11 is 0. The highest BCUT2D eigenvalue weighted by atomic mass is 16.5. The Labute approximate surface area is 110 Å². The van der Waals surface area contributed by atoms with Crippen LogP contribution < -0.4 is 5.32 Å². The van der Waals surface area contributed by atoms with Crippen molar-refractivity contribution in [1.29, 1.82) is 0 Å². The fourth-order valence-corrected chi connectivity index (χ4v) is 3.00. The van der Waals surface area contributed by atoms with Crippen molar-refractivity contribution >= 4 is 0 Å². The third-order valence-electron chi connectivity index (χ3n) is 4.51. The SMILES string of the molecule is COCCNCC1C(c2cnn(C)c2C)C1(C)C. The van der Waals surface area contributed by atoms with Gasteiger partial charge < -0.3 is 10.1 Å². The highest BCUT2D eigenvalue weighted by molar-refractivity contribution is 5.33. The Morgan fingerprint density at radius 1 is 1.50 bits per heavy atom. The van der Waals surface area contributed by atoms with Gasteiger partial charge >= 0.3 is 0 Å². The second kappa shape index (κ2) is 5.02. The van der Waals surface area contributed by atoms with Crippen LogP contribution in [0.15, 0.2) is 6.20 Å². The summed E-state index contributed by atoms with van der Waals surface area (Å²) in [5.74, 6) is 1.35. The monoisotopic (exact) mass is 251 g/mol. The minimum Gasteiger partial charge on any atom is -0.383 e. The maximum Gasteiger partial charge on any atom is 0.0587 e. The number of aryl methyl sites for hydroxylation is 1. The molecule has 2 atom stereocenters. The fraction of sp³-hybridized carbons (Fsp3) is 0.786. The molecule has 1 fully saturated rings. The Morgan fingerprint density at radius 3 is 2.78 bits per heavy atom. The normalized spacial score (nSPS) is 25.4. The minimum absolute atomic E-state index is 0.383. The van der Waals surface area contributed by atoms with E-state index in [0.29, 0.717) is 17.3 Å². The van der Waals surface area contributed by atoms with Crippen LogP contribution in [0, 0.1) is 18.3 Å². The van der Waals surface area contributed by atoms with E-state index in [2.05, 4.69) is 31.2 Å². The van der Waals surface area contributed by atoms with Gasteiger partial charge in [0.15, 0.2) is 0 Å². The quantitative estimate of drug-likeness (QED) is 0.782. The van der Waals surface area contributed by atoms with Crippen LogP contribution in [-0.2, 0) is 11.8 Å². The molecule has 0 spiro atoms. The molecule has 18 heavy (non-hydrogen) atoms. The lowest BCUT2D eigenvalue weighted by molar-refractivity contribution is 0.198. The molecule has 1 heterocycles. The Hall–Kier alpha value is -0.870. The number of ether oxygens (including phenoxy) is 1. The highest BCUT2D eigenvalue weighted by Crippen LogP contribution is 2.64. The molecular weight excluding hydrogens is 226 g/mol. The summed E-state index contributed by atoms with van der Waals surface area (Å²) in [5.41, 5.74) is 3.10. The molecule has 2 unspecified atom stereocenters. The molecule has 4 nitrogen and oxygen atoms in total. The van der Waals surface area contributed by atoms with Gasteiger partial charge in [-0.2, -0.15) is 5.10 Å². The second-order valence-corrected chi connectivity index (χ2v) is 5.91. The van der Waals surface area contributed by atoms with Crippen LogP contribution in [0.1, 0.15) is 31.0 Å². The summed E-state index contributed by atoms with van der Waals surface area (Å²) in [7, 11) is 3.75. The van der Waals surface area contributed by atoms with Gasteiger partial charge in [-0.3, -0.25) is 4.68 Å². The standard InChI is InChI=1S/C14H25N3O/c1-10-11(8-16-17(10)4)13-12(14(13,2)3)9-15-6-7-18-5/h8,12-13,15H,6-7,9H2,1-5H3.